The van der Waals surface area contributed by atoms with Gasteiger partial charge in [0.05, 0.1) is 15.6 Å². The molecule has 0 aliphatic carbocycles. The van der Waals surface area contributed by atoms with E-state index in [1.165, 1.54) is 0 Å². The minimum Gasteiger partial charge on any atom is -0.322 e. The highest BCUT2D eigenvalue weighted by molar-refractivity contribution is 6.44. The molecule has 0 heterocycles. The van der Waals surface area contributed by atoms with Crippen LogP contribution in [0.1, 0.15) is 21.5 Å². The zero-order chi connectivity index (χ0) is 14.0. The summed E-state index contributed by atoms with van der Waals surface area (Å²) in [7, 11) is 0. The van der Waals surface area contributed by atoms with Crippen molar-refractivity contribution in [3.05, 3.63) is 63.1 Å². The minimum absolute atomic E-state index is 0.263. The summed E-state index contributed by atoms with van der Waals surface area (Å²) in [6.07, 6.45) is 0. The van der Waals surface area contributed by atoms with Crippen LogP contribution in [0.4, 0.5) is 5.69 Å². The predicted molar refractivity (Wildman–Crippen MR) is 80.3 cm³/mol. The maximum absolute atomic E-state index is 12.2. The van der Waals surface area contributed by atoms with Crippen molar-refractivity contribution in [1.29, 1.82) is 0 Å². The highest BCUT2D eigenvalue weighted by Crippen LogP contribution is 2.27. The van der Waals surface area contributed by atoms with Crippen molar-refractivity contribution < 1.29 is 4.79 Å². The van der Waals surface area contributed by atoms with E-state index >= 15 is 0 Å². The summed E-state index contributed by atoms with van der Waals surface area (Å²) in [5, 5.41) is 3.49. The molecular weight excluding hydrogens is 281 g/mol. The Morgan fingerprint density at radius 1 is 1.05 bits per heavy atom. The number of carbonyl (C=O) groups excluding carboxylic acids is 1. The van der Waals surface area contributed by atoms with Crippen LogP contribution in [0, 0.1) is 13.8 Å². The van der Waals surface area contributed by atoms with Crippen LogP contribution in [0.25, 0.3) is 0 Å². The number of amides is 1. The van der Waals surface area contributed by atoms with E-state index in [1.54, 1.807) is 18.2 Å². The van der Waals surface area contributed by atoms with Gasteiger partial charge in [0.25, 0.3) is 5.91 Å². The Balaban J connectivity index is 2.31. The molecule has 1 amide bonds. The average molecular weight is 294 g/mol. The Bertz CT molecular complexity index is 638. The highest BCUT2D eigenvalue weighted by Gasteiger charge is 2.13. The predicted octanol–water partition coefficient (Wildman–Crippen LogP) is 4.86. The van der Waals surface area contributed by atoms with Gasteiger partial charge in [0, 0.05) is 5.69 Å². The summed E-state index contributed by atoms with van der Waals surface area (Å²) in [4.78, 5) is 12.2. The van der Waals surface area contributed by atoms with E-state index in [0.717, 1.165) is 16.8 Å². The van der Waals surface area contributed by atoms with E-state index in [0.29, 0.717) is 10.6 Å². The number of carbonyl (C=O) groups is 1. The van der Waals surface area contributed by atoms with E-state index in [-0.39, 0.29) is 10.9 Å². The fourth-order valence-corrected chi connectivity index (χ4v) is 2.14. The lowest BCUT2D eigenvalue weighted by Crippen LogP contribution is -2.13. The van der Waals surface area contributed by atoms with E-state index < -0.39 is 0 Å². The zero-order valence-corrected chi connectivity index (χ0v) is 12.1. The van der Waals surface area contributed by atoms with Crippen LogP contribution in [-0.4, -0.2) is 5.91 Å². The molecule has 0 aliphatic rings. The van der Waals surface area contributed by atoms with Gasteiger partial charge in [0.15, 0.2) is 0 Å². The topological polar surface area (TPSA) is 29.1 Å². The number of hydrogen-bond acceptors (Lipinski definition) is 1. The second-order valence-electron chi connectivity index (χ2n) is 4.30. The van der Waals surface area contributed by atoms with Crippen molar-refractivity contribution in [1.82, 2.24) is 0 Å². The van der Waals surface area contributed by atoms with Crippen LogP contribution in [0.3, 0.4) is 0 Å². The van der Waals surface area contributed by atoms with Crippen molar-refractivity contribution in [2.24, 2.45) is 0 Å². The molecule has 0 fully saturated rings. The average Bonchev–Trinajstić information content (AvgIpc) is 2.38. The third-order valence-electron chi connectivity index (χ3n) is 3.05. The molecule has 1 N–H and O–H groups in total. The molecule has 2 aromatic carbocycles. The first-order valence-electron chi connectivity index (χ1n) is 5.82. The molecule has 98 valence electrons. The molecule has 0 unspecified atom stereocenters. The SMILES string of the molecule is Cc1cccc(NC(=O)c2cccc(Cl)c2Cl)c1C. The summed E-state index contributed by atoms with van der Waals surface area (Å²) in [5.41, 5.74) is 3.31. The first-order chi connectivity index (χ1) is 9.00. The van der Waals surface area contributed by atoms with Gasteiger partial charge in [-0.05, 0) is 43.2 Å². The van der Waals surface area contributed by atoms with Crippen molar-refractivity contribution in [3.8, 4) is 0 Å². The molecule has 2 rings (SSSR count). The fourth-order valence-electron chi connectivity index (χ4n) is 1.76. The number of benzene rings is 2. The number of aryl methyl sites for hydroxylation is 1. The van der Waals surface area contributed by atoms with Crippen molar-refractivity contribution >= 4 is 34.8 Å². The number of nitrogens with one attached hydrogen (secondary N) is 1. The van der Waals surface area contributed by atoms with E-state index in [2.05, 4.69) is 5.32 Å². The van der Waals surface area contributed by atoms with E-state index in [9.17, 15) is 4.79 Å². The van der Waals surface area contributed by atoms with Gasteiger partial charge in [-0.1, -0.05) is 41.4 Å². The van der Waals surface area contributed by atoms with Gasteiger partial charge in [-0.2, -0.15) is 0 Å². The summed E-state index contributed by atoms with van der Waals surface area (Å²) < 4.78 is 0. The number of rotatable bonds is 2. The quantitative estimate of drug-likeness (QED) is 0.841. The Kier molecular flexibility index (Phi) is 4.13. The first-order valence-corrected chi connectivity index (χ1v) is 6.58. The summed E-state index contributed by atoms with van der Waals surface area (Å²) >= 11 is 11.9. The number of hydrogen-bond donors (Lipinski definition) is 1. The summed E-state index contributed by atoms with van der Waals surface area (Å²) in [5.74, 6) is -0.263. The zero-order valence-electron chi connectivity index (χ0n) is 10.6. The Hall–Kier alpha value is -1.51. The second kappa shape index (κ2) is 5.64. The van der Waals surface area contributed by atoms with Crippen LogP contribution in [-0.2, 0) is 0 Å². The van der Waals surface area contributed by atoms with Crippen LogP contribution < -0.4 is 5.32 Å². The lowest BCUT2D eigenvalue weighted by Gasteiger charge is -2.11. The van der Waals surface area contributed by atoms with Crippen LogP contribution in [0.5, 0.6) is 0 Å². The molecule has 19 heavy (non-hydrogen) atoms. The van der Waals surface area contributed by atoms with Crippen LogP contribution >= 0.6 is 23.2 Å². The van der Waals surface area contributed by atoms with Crippen LogP contribution in [0.15, 0.2) is 36.4 Å². The normalized spacial score (nSPS) is 10.3. The molecule has 0 saturated carbocycles. The van der Waals surface area contributed by atoms with Gasteiger partial charge in [0.1, 0.15) is 0 Å². The van der Waals surface area contributed by atoms with Gasteiger partial charge in [-0.25, -0.2) is 0 Å². The second-order valence-corrected chi connectivity index (χ2v) is 5.09. The summed E-state index contributed by atoms with van der Waals surface area (Å²) in [6, 6.07) is 10.8. The monoisotopic (exact) mass is 293 g/mol. The molecule has 0 spiro atoms. The maximum Gasteiger partial charge on any atom is 0.257 e. The molecular formula is C15H13Cl2NO. The van der Waals surface area contributed by atoms with Crippen molar-refractivity contribution in [2.75, 3.05) is 5.32 Å². The molecule has 0 bridgehead atoms. The molecule has 0 radical (unpaired) electrons. The number of halogens is 2. The molecule has 0 aromatic heterocycles. The van der Waals surface area contributed by atoms with Gasteiger partial charge in [-0.15, -0.1) is 0 Å². The smallest absolute Gasteiger partial charge is 0.257 e. The van der Waals surface area contributed by atoms with Gasteiger partial charge in [0.2, 0.25) is 0 Å². The number of anilines is 1. The largest absolute Gasteiger partial charge is 0.322 e. The summed E-state index contributed by atoms with van der Waals surface area (Å²) in [6.45, 7) is 3.96. The standard InChI is InChI=1S/C15H13Cl2NO/c1-9-5-3-8-13(10(9)2)18-15(19)11-6-4-7-12(16)14(11)17/h3-8H,1-2H3,(H,18,19). The van der Waals surface area contributed by atoms with Crippen LogP contribution in [0.2, 0.25) is 10.0 Å². The van der Waals surface area contributed by atoms with Crippen molar-refractivity contribution in [3.63, 3.8) is 0 Å². The van der Waals surface area contributed by atoms with Gasteiger partial charge < -0.3 is 5.32 Å². The first kappa shape index (κ1) is 13.9. The van der Waals surface area contributed by atoms with E-state index in [4.69, 9.17) is 23.2 Å². The van der Waals surface area contributed by atoms with Gasteiger partial charge in [-0.3, -0.25) is 4.79 Å². The third-order valence-corrected chi connectivity index (χ3v) is 3.87. The van der Waals surface area contributed by atoms with Gasteiger partial charge >= 0.3 is 0 Å². The maximum atomic E-state index is 12.2. The van der Waals surface area contributed by atoms with Crippen molar-refractivity contribution in [2.45, 2.75) is 13.8 Å². The third kappa shape index (κ3) is 2.91. The lowest BCUT2D eigenvalue weighted by molar-refractivity contribution is 0.102. The van der Waals surface area contributed by atoms with E-state index in [1.807, 2.05) is 32.0 Å². The lowest BCUT2D eigenvalue weighted by atomic mass is 10.1. The highest BCUT2D eigenvalue weighted by atomic mass is 35.5. The molecule has 4 heteroatoms. The molecule has 2 nitrogen and oxygen atoms in total. The molecule has 2 aromatic rings. The minimum atomic E-state index is -0.263. The fraction of sp³-hybridized carbons (Fsp3) is 0.133. The Labute approximate surface area is 122 Å². The Morgan fingerprint density at radius 2 is 1.74 bits per heavy atom. The molecule has 0 saturated heterocycles. The molecule has 0 atom stereocenters. The molecule has 0 aliphatic heterocycles. The Morgan fingerprint density at radius 3 is 2.47 bits per heavy atom.